The number of aromatic amines is 1. The van der Waals surface area contributed by atoms with Crippen LogP contribution in [-0.4, -0.2) is 31.6 Å². The summed E-state index contributed by atoms with van der Waals surface area (Å²) >= 11 is 1.42. The number of aryl methyl sites for hydroxylation is 1. The topological polar surface area (TPSA) is 87.9 Å². The molecule has 0 saturated carbocycles. The molecule has 1 aliphatic heterocycles. The molecule has 7 nitrogen and oxygen atoms in total. The Morgan fingerprint density at radius 1 is 1.43 bits per heavy atom. The van der Waals surface area contributed by atoms with E-state index in [-0.39, 0.29) is 11.6 Å². The fraction of sp³-hybridized carbons (Fsp3) is 0.467. The van der Waals surface area contributed by atoms with Crippen LogP contribution in [-0.2, 0) is 6.54 Å². The van der Waals surface area contributed by atoms with E-state index in [0.29, 0.717) is 28.8 Å². The van der Waals surface area contributed by atoms with Crippen LogP contribution in [0.25, 0.3) is 10.2 Å². The maximum absolute atomic E-state index is 12.1. The number of aromatic nitrogens is 4. The van der Waals surface area contributed by atoms with E-state index in [1.807, 2.05) is 18.4 Å². The largest absolute Gasteiger partial charge is 0.338 e. The molecule has 4 rings (SSSR count). The Labute approximate surface area is 136 Å². The van der Waals surface area contributed by atoms with Crippen LogP contribution in [0.2, 0.25) is 0 Å². The van der Waals surface area contributed by atoms with E-state index >= 15 is 0 Å². The van der Waals surface area contributed by atoms with Crippen LogP contribution in [0.3, 0.4) is 0 Å². The van der Waals surface area contributed by atoms with Crippen molar-refractivity contribution in [1.29, 1.82) is 0 Å². The fourth-order valence-electron chi connectivity index (χ4n) is 3.10. The standard InChI is InChI=1S/C15H17N5O2S/c1-9-16-15(22-19-9)11-4-2-3-6-20(11)8-12-17-10-5-7-23-13(10)14(21)18-12/h5,7,11H,2-4,6,8H2,1H3,(H,17,18,21)/t11-/m0/s1. The maximum Gasteiger partial charge on any atom is 0.268 e. The van der Waals surface area contributed by atoms with Crippen molar-refractivity contribution in [3.8, 4) is 0 Å². The van der Waals surface area contributed by atoms with E-state index in [2.05, 4.69) is 25.0 Å². The van der Waals surface area contributed by atoms with Crippen LogP contribution in [0, 0.1) is 6.92 Å². The number of hydrogen-bond donors (Lipinski definition) is 1. The summed E-state index contributed by atoms with van der Waals surface area (Å²) in [6.07, 6.45) is 3.23. The number of piperidine rings is 1. The van der Waals surface area contributed by atoms with Gasteiger partial charge in [0.1, 0.15) is 10.5 Å². The first-order valence-corrected chi connectivity index (χ1v) is 8.59. The van der Waals surface area contributed by atoms with Crippen molar-refractivity contribution < 1.29 is 4.52 Å². The van der Waals surface area contributed by atoms with E-state index in [1.54, 1.807) is 0 Å². The van der Waals surface area contributed by atoms with Crippen molar-refractivity contribution >= 4 is 21.6 Å². The lowest BCUT2D eigenvalue weighted by Gasteiger charge is -2.32. The number of fused-ring (bicyclic) bond motifs is 1. The van der Waals surface area contributed by atoms with E-state index in [1.165, 1.54) is 11.3 Å². The first kappa shape index (κ1) is 14.5. The van der Waals surface area contributed by atoms with Gasteiger partial charge >= 0.3 is 0 Å². The zero-order valence-electron chi connectivity index (χ0n) is 12.8. The van der Waals surface area contributed by atoms with Gasteiger partial charge in [0.25, 0.3) is 5.56 Å². The van der Waals surface area contributed by atoms with Gasteiger partial charge in [-0.15, -0.1) is 11.3 Å². The summed E-state index contributed by atoms with van der Waals surface area (Å²) in [5, 5.41) is 5.79. The first-order valence-electron chi connectivity index (χ1n) is 7.71. The maximum atomic E-state index is 12.1. The second-order valence-electron chi connectivity index (χ2n) is 5.81. The van der Waals surface area contributed by atoms with Gasteiger partial charge in [-0.2, -0.15) is 4.98 Å². The highest BCUT2D eigenvalue weighted by atomic mass is 32.1. The molecular formula is C15H17N5O2S. The molecule has 0 unspecified atom stereocenters. The summed E-state index contributed by atoms with van der Waals surface area (Å²) in [4.78, 5) is 26.2. The third-order valence-corrected chi connectivity index (χ3v) is 5.06. The molecule has 3 aromatic rings. The van der Waals surface area contributed by atoms with Crippen LogP contribution in [0.5, 0.6) is 0 Å². The quantitative estimate of drug-likeness (QED) is 0.793. The van der Waals surface area contributed by atoms with Crippen molar-refractivity contribution in [2.45, 2.75) is 38.8 Å². The Morgan fingerprint density at radius 2 is 2.35 bits per heavy atom. The molecule has 8 heteroatoms. The predicted molar refractivity (Wildman–Crippen MR) is 86.3 cm³/mol. The number of nitrogens with zero attached hydrogens (tertiary/aromatic N) is 4. The molecular weight excluding hydrogens is 314 g/mol. The number of likely N-dealkylation sites (tertiary alicyclic amines) is 1. The van der Waals surface area contributed by atoms with E-state index in [4.69, 9.17) is 4.52 Å². The monoisotopic (exact) mass is 331 g/mol. The summed E-state index contributed by atoms with van der Waals surface area (Å²) in [5.41, 5.74) is 0.693. The van der Waals surface area contributed by atoms with Gasteiger partial charge in [0, 0.05) is 0 Å². The zero-order valence-corrected chi connectivity index (χ0v) is 13.6. The normalized spacial score (nSPS) is 19.4. The van der Waals surface area contributed by atoms with Gasteiger partial charge < -0.3 is 9.51 Å². The van der Waals surface area contributed by atoms with Gasteiger partial charge in [-0.25, -0.2) is 4.98 Å². The highest BCUT2D eigenvalue weighted by Crippen LogP contribution is 2.30. The van der Waals surface area contributed by atoms with Gasteiger partial charge in [-0.3, -0.25) is 9.69 Å². The summed E-state index contributed by atoms with van der Waals surface area (Å²) in [6, 6.07) is 1.97. The number of hydrogen-bond acceptors (Lipinski definition) is 7. The lowest BCUT2D eigenvalue weighted by Crippen LogP contribution is -2.34. The number of nitrogens with one attached hydrogen (secondary N) is 1. The lowest BCUT2D eigenvalue weighted by molar-refractivity contribution is 0.108. The molecule has 1 N–H and O–H groups in total. The van der Waals surface area contributed by atoms with Crippen molar-refractivity contribution in [3.05, 3.63) is 39.3 Å². The molecule has 0 aromatic carbocycles. The summed E-state index contributed by atoms with van der Waals surface area (Å²) in [7, 11) is 0. The molecule has 23 heavy (non-hydrogen) atoms. The molecule has 4 heterocycles. The second-order valence-corrected chi connectivity index (χ2v) is 6.73. The molecule has 120 valence electrons. The summed E-state index contributed by atoms with van der Waals surface area (Å²) in [6.45, 7) is 3.33. The highest BCUT2D eigenvalue weighted by Gasteiger charge is 2.29. The minimum Gasteiger partial charge on any atom is -0.338 e. The van der Waals surface area contributed by atoms with E-state index < -0.39 is 0 Å². The molecule has 0 amide bonds. The number of thiophene rings is 1. The van der Waals surface area contributed by atoms with Crippen LogP contribution in [0.15, 0.2) is 20.8 Å². The molecule has 1 fully saturated rings. The Balaban J connectivity index is 1.63. The fourth-order valence-corrected chi connectivity index (χ4v) is 3.82. The molecule has 0 radical (unpaired) electrons. The van der Waals surface area contributed by atoms with Crippen LogP contribution < -0.4 is 5.56 Å². The van der Waals surface area contributed by atoms with Gasteiger partial charge in [-0.1, -0.05) is 11.6 Å². The highest BCUT2D eigenvalue weighted by molar-refractivity contribution is 7.17. The Morgan fingerprint density at radius 3 is 3.17 bits per heavy atom. The average molecular weight is 331 g/mol. The molecule has 0 bridgehead atoms. The average Bonchev–Trinajstić information content (AvgIpc) is 3.17. The van der Waals surface area contributed by atoms with Gasteiger partial charge in [0.05, 0.1) is 18.1 Å². The van der Waals surface area contributed by atoms with Gasteiger partial charge in [-0.05, 0) is 37.8 Å². The van der Waals surface area contributed by atoms with Crippen molar-refractivity contribution in [3.63, 3.8) is 0 Å². The molecule has 0 spiro atoms. The van der Waals surface area contributed by atoms with Crippen molar-refractivity contribution in [2.24, 2.45) is 0 Å². The second kappa shape index (κ2) is 5.86. The summed E-state index contributed by atoms with van der Waals surface area (Å²) < 4.78 is 6.04. The Hall–Kier alpha value is -2.06. The van der Waals surface area contributed by atoms with Gasteiger partial charge in [0.15, 0.2) is 5.82 Å². The predicted octanol–water partition coefficient (Wildman–Crippen LogP) is 2.40. The molecule has 1 atom stereocenters. The minimum atomic E-state index is -0.0674. The third kappa shape index (κ3) is 2.79. The van der Waals surface area contributed by atoms with E-state index in [9.17, 15) is 4.79 Å². The summed E-state index contributed by atoms with van der Waals surface area (Å²) in [5.74, 6) is 1.99. The Kier molecular flexibility index (Phi) is 3.70. The number of H-pyrrole nitrogens is 1. The zero-order chi connectivity index (χ0) is 15.8. The van der Waals surface area contributed by atoms with Crippen molar-refractivity contribution in [2.75, 3.05) is 6.54 Å². The minimum absolute atomic E-state index is 0.0674. The SMILES string of the molecule is Cc1noc([C@@H]2CCCCN2Cc2nc3ccsc3c(=O)[nH]2)n1. The number of rotatable bonds is 3. The molecule has 1 aliphatic rings. The lowest BCUT2D eigenvalue weighted by atomic mass is 10.0. The van der Waals surface area contributed by atoms with Crippen LogP contribution >= 0.6 is 11.3 Å². The molecule has 1 saturated heterocycles. The van der Waals surface area contributed by atoms with Gasteiger partial charge in [0.2, 0.25) is 5.89 Å². The van der Waals surface area contributed by atoms with Crippen LogP contribution in [0.4, 0.5) is 0 Å². The van der Waals surface area contributed by atoms with Crippen LogP contribution in [0.1, 0.15) is 42.8 Å². The van der Waals surface area contributed by atoms with E-state index in [0.717, 1.165) is 31.3 Å². The van der Waals surface area contributed by atoms with Crippen molar-refractivity contribution in [1.82, 2.24) is 25.0 Å². The smallest absolute Gasteiger partial charge is 0.268 e. The third-order valence-electron chi connectivity index (χ3n) is 4.16. The Bertz CT molecular complexity index is 883. The molecule has 3 aromatic heterocycles. The molecule has 0 aliphatic carbocycles. The first-order chi connectivity index (χ1) is 11.2.